The summed E-state index contributed by atoms with van der Waals surface area (Å²) in [5.41, 5.74) is 3.47. The number of allylic oxidation sites excluding steroid dienone is 1. The molecule has 0 heteroatoms. The third-order valence-corrected chi connectivity index (χ3v) is 1.98. The first-order valence-corrected chi connectivity index (χ1v) is 3.07. The third kappa shape index (κ3) is 0.719. The summed E-state index contributed by atoms with van der Waals surface area (Å²) >= 11 is 0. The molecule has 1 aliphatic carbocycles. The van der Waals surface area contributed by atoms with Crippen molar-refractivity contribution in [2.24, 2.45) is 11.3 Å². The fraction of sp³-hybridized carbons (Fsp3) is 0.625. The van der Waals surface area contributed by atoms with Crippen LogP contribution in [0.1, 0.15) is 20.8 Å². The van der Waals surface area contributed by atoms with Gasteiger partial charge in [0, 0.05) is 0 Å². The molecule has 0 radical (unpaired) electrons. The summed E-state index contributed by atoms with van der Waals surface area (Å²) in [5, 5.41) is 0. The second-order valence-corrected chi connectivity index (χ2v) is 3.09. The Labute approximate surface area is 50.9 Å². The smallest absolute Gasteiger partial charge is 0.00330 e. The van der Waals surface area contributed by atoms with E-state index in [0.29, 0.717) is 11.3 Å². The Morgan fingerprint density at radius 1 is 1.50 bits per heavy atom. The highest BCUT2D eigenvalue weighted by atomic mass is 14.3. The van der Waals surface area contributed by atoms with Gasteiger partial charge in [-0.1, -0.05) is 20.8 Å². The Hall–Kier alpha value is -0.480. The van der Waals surface area contributed by atoms with Crippen LogP contribution >= 0.6 is 0 Å². The lowest BCUT2D eigenvalue weighted by molar-refractivity contribution is 0.381. The molecule has 0 aromatic heterocycles. The van der Waals surface area contributed by atoms with Crippen LogP contribution < -0.4 is 0 Å². The fourth-order valence-electron chi connectivity index (χ4n) is 0.753. The van der Waals surface area contributed by atoms with Crippen molar-refractivity contribution in [3.63, 3.8) is 0 Å². The van der Waals surface area contributed by atoms with Gasteiger partial charge in [-0.3, -0.25) is 0 Å². The lowest BCUT2D eigenvalue weighted by Crippen LogP contribution is -2.12. The second kappa shape index (κ2) is 1.50. The highest BCUT2D eigenvalue weighted by Gasteiger charge is 2.22. The largest absolute Gasteiger partial charge is 0.129 e. The quantitative estimate of drug-likeness (QED) is 0.418. The van der Waals surface area contributed by atoms with Crippen LogP contribution in [-0.2, 0) is 0 Å². The minimum Gasteiger partial charge on any atom is -0.129 e. The van der Waals surface area contributed by atoms with Crippen LogP contribution in [0.2, 0.25) is 0 Å². The van der Waals surface area contributed by atoms with E-state index in [1.165, 1.54) is 0 Å². The predicted octanol–water partition coefficient (Wildman–Crippen LogP) is 2.37. The van der Waals surface area contributed by atoms with Crippen LogP contribution in [0.4, 0.5) is 0 Å². The van der Waals surface area contributed by atoms with E-state index in [2.05, 4.69) is 38.7 Å². The molecule has 8 heavy (non-hydrogen) atoms. The summed E-state index contributed by atoms with van der Waals surface area (Å²) < 4.78 is 0. The molecular formula is C8H12. The molecule has 1 rings (SSSR count). The van der Waals surface area contributed by atoms with Gasteiger partial charge in [0.1, 0.15) is 0 Å². The first-order chi connectivity index (χ1) is 3.63. The lowest BCUT2D eigenvalue weighted by Gasteiger charge is -2.20. The minimum absolute atomic E-state index is 0.361. The van der Waals surface area contributed by atoms with Gasteiger partial charge in [-0.15, -0.1) is 5.73 Å². The Kier molecular flexibility index (Phi) is 1.06. The minimum atomic E-state index is 0.361. The zero-order valence-corrected chi connectivity index (χ0v) is 5.73. The Morgan fingerprint density at radius 2 is 2.12 bits per heavy atom. The first kappa shape index (κ1) is 5.65. The number of hydrogen-bond donors (Lipinski definition) is 0. The molecule has 0 saturated heterocycles. The Bertz CT molecular complexity index is 145. The van der Waals surface area contributed by atoms with Gasteiger partial charge in [-0.25, -0.2) is 0 Å². The molecule has 0 aliphatic heterocycles. The number of rotatable bonds is 0. The molecule has 44 valence electrons. The van der Waals surface area contributed by atoms with Gasteiger partial charge in [0.05, 0.1) is 0 Å². The van der Waals surface area contributed by atoms with Crippen LogP contribution in [-0.4, -0.2) is 0 Å². The van der Waals surface area contributed by atoms with Crippen molar-refractivity contribution in [2.45, 2.75) is 20.8 Å². The van der Waals surface area contributed by atoms with E-state index in [0.717, 1.165) is 0 Å². The maximum Gasteiger partial charge on any atom is -0.00330 e. The van der Waals surface area contributed by atoms with Gasteiger partial charge in [-0.05, 0) is 23.5 Å². The van der Waals surface area contributed by atoms with E-state index < -0.39 is 0 Å². The van der Waals surface area contributed by atoms with Crippen molar-refractivity contribution in [3.8, 4) is 0 Å². The van der Waals surface area contributed by atoms with E-state index in [9.17, 15) is 0 Å². The summed E-state index contributed by atoms with van der Waals surface area (Å²) in [6, 6.07) is 0. The molecule has 0 aromatic rings. The molecule has 1 unspecified atom stereocenters. The molecular weight excluding hydrogens is 96.1 g/mol. The molecule has 0 aromatic carbocycles. The van der Waals surface area contributed by atoms with E-state index in [1.54, 1.807) is 0 Å². The fourth-order valence-corrected chi connectivity index (χ4v) is 0.753. The topological polar surface area (TPSA) is 0 Å². The average Bonchev–Trinajstić information content (AvgIpc) is 1.86. The van der Waals surface area contributed by atoms with Crippen molar-refractivity contribution in [1.82, 2.24) is 0 Å². The SMILES string of the molecule is CC1C=C=CC1(C)C. The monoisotopic (exact) mass is 108 g/mol. The third-order valence-electron chi connectivity index (χ3n) is 1.98. The van der Waals surface area contributed by atoms with Crippen molar-refractivity contribution >= 4 is 0 Å². The normalized spacial score (nSPS) is 31.6. The molecule has 0 fully saturated rings. The summed E-state index contributed by atoms with van der Waals surface area (Å²) in [6.07, 6.45) is 4.26. The average molecular weight is 108 g/mol. The Morgan fingerprint density at radius 3 is 2.25 bits per heavy atom. The van der Waals surface area contributed by atoms with Gasteiger partial charge in [0.15, 0.2) is 0 Å². The molecule has 0 amide bonds. The second-order valence-electron chi connectivity index (χ2n) is 3.09. The molecule has 1 aliphatic rings. The first-order valence-electron chi connectivity index (χ1n) is 3.07. The van der Waals surface area contributed by atoms with E-state index >= 15 is 0 Å². The van der Waals surface area contributed by atoms with Crippen LogP contribution in [0.5, 0.6) is 0 Å². The van der Waals surface area contributed by atoms with Gasteiger partial charge in [0.25, 0.3) is 0 Å². The van der Waals surface area contributed by atoms with Gasteiger partial charge < -0.3 is 0 Å². The van der Waals surface area contributed by atoms with E-state index in [4.69, 9.17) is 0 Å². The van der Waals surface area contributed by atoms with Crippen LogP contribution in [0, 0.1) is 11.3 Å². The van der Waals surface area contributed by atoms with Crippen molar-refractivity contribution in [3.05, 3.63) is 17.9 Å². The van der Waals surface area contributed by atoms with Crippen molar-refractivity contribution < 1.29 is 0 Å². The number of hydrogen-bond acceptors (Lipinski definition) is 0. The summed E-state index contributed by atoms with van der Waals surface area (Å²) in [4.78, 5) is 0. The molecule has 0 spiro atoms. The Balaban J connectivity index is 2.78. The standard InChI is InChI=1S/C8H12/c1-7-5-4-6-8(7,2)3/h5-7H,1-3H3. The molecule has 0 nitrogen and oxygen atoms in total. The van der Waals surface area contributed by atoms with Crippen LogP contribution in [0.15, 0.2) is 17.9 Å². The summed E-state index contributed by atoms with van der Waals surface area (Å²) in [5.74, 6) is 0.669. The lowest BCUT2D eigenvalue weighted by atomic mass is 9.84. The summed E-state index contributed by atoms with van der Waals surface area (Å²) in [7, 11) is 0. The molecule has 1 atom stereocenters. The highest BCUT2D eigenvalue weighted by molar-refractivity contribution is 5.09. The molecule has 0 bridgehead atoms. The van der Waals surface area contributed by atoms with Gasteiger partial charge >= 0.3 is 0 Å². The van der Waals surface area contributed by atoms with Crippen molar-refractivity contribution in [1.29, 1.82) is 0 Å². The maximum absolute atomic E-state index is 3.11. The van der Waals surface area contributed by atoms with Gasteiger partial charge in [0.2, 0.25) is 0 Å². The van der Waals surface area contributed by atoms with Crippen molar-refractivity contribution in [2.75, 3.05) is 0 Å². The molecule has 0 heterocycles. The molecule has 0 saturated carbocycles. The van der Waals surface area contributed by atoms with Gasteiger partial charge in [-0.2, -0.15) is 0 Å². The zero-order valence-electron chi connectivity index (χ0n) is 5.73. The maximum atomic E-state index is 3.11. The van der Waals surface area contributed by atoms with E-state index in [-0.39, 0.29) is 0 Å². The molecule has 0 N–H and O–H groups in total. The zero-order chi connectivity index (χ0) is 6.20. The van der Waals surface area contributed by atoms with E-state index in [1.807, 2.05) is 0 Å². The predicted molar refractivity (Wildman–Crippen MR) is 35.6 cm³/mol. The summed E-state index contributed by atoms with van der Waals surface area (Å²) in [6.45, 7) is 6.68. The highest BCUT2D eigenvalue weighted by Crippen LogP contribution is 2.31. The van der Waals surface area contributed by atoms with Crippen LogP contribution in [0.25, 0.3) is 0 Å². The van der Waals surface area contributed by atoms with Crippen LogP contribution in [0.3, 0.4) is 0 Å².